The number of ether oxygens (including phenoxy) is 1. The van der Waals surface area contributed by atoms with Gasteiger partial charge < -0.3 is 10.1 Å². The van der Waals surface area contributed by atoms with Gasteiger partial charge in [0.1, 0.15) is 0 Å². The Kier molecular flexibility index (Phi) is 2.83. The summed E-state index contributed by atoms with van der Waals surface area (Å²) in [7, 11) is 1.99. The number of nitrogens with one attached hydrogen (secondary N) is 2. The maximum atomic E-state index is 5.92. The third-order valence-corrected chi connectivity index (χ3v) is 3.08. The van der Waals surface area contributed by atoms with Crippen LogP contribution in [0.25, 0.3) is 0 Å². The second kappa shape index (κ2) is 3.92. The maximum Gasteiger partial charge on any atom is 0.0847 e. The van der Waals surface area contributed by atoms with Crippen LogP contribution in [0, 0.1) is 0 Å². The van der Waals surface area contributed by atoms with Gasteiger partial charge in [-0.1, -0.05) is 0 Å². The van der Waals surface area contributed by atoms with Crippen molar-refractivity contribution in [2.24, 2.45) is 0 Å². The Balaban J connectivity index is 1.95. The predicted molar refractivity (Wildman–Crippen MR) is 51.4 cm³/mol. The molecule has 2 N–H and O–H groups in total. The van der Waals surface area contributed by atoms with Crippen molar-refractivity contribution in [3.8, 4) is 0 Å². The number of piperidine rings is 1. The second-order valence-electron chi connectivity index (χ2n) is 3.93. The smallest absolute Gasteiger partial charge is 0.0847 e. The summed E-state index contributed by atoms with van der Waals surface area (Å²) in [6, 6.07) is 0. The molecule has 0 aliphatic carbocycles. The summed E-state index contributed by atoms with van der Waals surface area (Å²) in [5.41, 5.74) is 3.34. The summed E-state index contributed by atoms with van der Waals surface area (Å²) in [4.78, 5) is 0. The predicted octanol–water partition coefficient (Wildman–Crippen LogP) is -0.425. The van der Waals surface area contributed by atoms with Gasteiger partial charge >= 0.3 is 0 Å². The van der Waals surface area contributed by atoms with Gasteiger partial charge in [-0.25, -0.2) is 5.01 Å². The fourth-order valence-electron chi connectivity index (χ4n) is 2.22. The number of morpholine rings is 1. The molecular formula is C9H19N3O. The van der Waals surface area contributed by atoms with E-state index in [4.69, 9.17) is 4.74 Å². The summed E-state index contributed by atoms with van der Waals surface area (Å²) in [5.74, 6) is 0. The Hall–Kier alpha value is -0.160. The van der Waals surface area contributed by atoms with Crippen LogP contribution >= 0.6 is 0 Å². The third kappa shape index (κ3) is 2.02. The topological polar surface area (TPSA) is 36.5 Å². The minimum atomic E-state index is 0.131. The van der Waals surface area contributed by atoms with Crippen molar-refractivity contribution in [2.75, 3.05) is 39.8 Å². The van der Waals surface area contributed by atoms with Crippen LogP contribution in [0.2, 0.25) is 0 Å². The molecule has 2 rings (SSSR count). The molecule has 4 heteroatoms. The molecule has 2 aliphatic rings. The van der Waals surface area contributed by atoms with E-state index in [1.807, 2.05) is 7.05 Å². The summed E-state index contributed by atoms with van der Waals surface area (Å²) >= 11 is 0. The minimum absolute atomic E-state index is 0.131. The first-order chi connectivity index (χ1) is 6.35. The van der Waals surface area contributed by atoms with E-state index in [2.05, 4.69) is 15.8 Å². The first-order valence-corrected chi connectivity index (χ1v) is 5.12. The molecule has 0 unspecified atom stereocenters. The van der Waals surface area contributed by atoms with Gasteiger partial charge in [-0.2, -0.15) is 0 Å². The Morgan fingerprint density at radius 3 is 2.85 bits per heavy atom. The molecule has 0 atom stereocenters. The number of hydrogen-bond donors (Lipinski definition) is 2. The normalized spacial score (nSPS) is 29.3. The fraction of sp³-hybridized carbons (Fsp3) is 1.00. The highest BCUT2D eigenvalue weighted by molar-refractivity contribution is 4.90. The molecule has 0 saturated carbocycles. The van der Waals surface area contributed by atoms with Gasteiger partial charge in [0.2, 0.25) is 0 Å². The largest absolute Gasteiger partial charge is 0.372 e. The van der Waals surface area contributed by atoms with E-state index >= 15 is 0 Å². The molecular weight excluding hydrogens is 166 g/mol. The molecule has 0 radical (unpaired) electrons. The van der Waals surface area contributed by atoms with Crippen LogP contribution in [-0.2, 0) is 4.74 Å². The molecule has 0 aromatic rings. The lowest BCUT2D eigenvalue weighted by Crippen LogP contribution is -2.58. The van der Waals surface area contributed by atoms with Crippen LogP contribution in [0.3, 0.4) is 0 Å². The van der Waals surface area contributed by atoms with Gasteiger partial charge in [-0.05, 0) is 33.0 Å². The monoisotopic (exact) mass is 185 g/mol. The van der Waals surface area contributed by atoms with E-state index in [9.17, 15) is 0 Å². The van der Waals surface area contributed by atoms with Gasteiger partial charge in [0, 0.05) is 13.1 Å². The summed E-state index contributed by atoms with van der Waals surface area (Å²) < 4.78 is 5.92. The lowest BCUT2D eigenvalue weighted by Gasteiger charge is -2.44. The van der Waals surface area contributed by atoms with Crippen molar-refractivity contribution in [1.82, 2.24) is 15.8 Å². The summed E-state index contributed by atoms with van der Waals surface area (Å²) in [6.45, 7) is 5.09. The van der Waals surface area contributed by atoms with Crippen molar-refractivity contribution in [3.05, 3.63) is 0 Å². The van der Waals surface area contributed by atoms with E-state index in [1.54, 1.807) is 0 Å². The number of nitrogens with zero attached hydrogens (tertiary/aromatic N) is 1. The molecule has 2 saturated heterocycles. The van der Waals surface area contributed by atoms with Crippen molar-refractivity contribution < 1.29 is 4.74 Å². The van der Waals surface area contributed by atoms with Crippen LogP contribution in [0.4, 0.5) is 0 Å². The van der Waals surface area contributed by atoms with Crippen molar-refractivity contribution in [3.63, 3.8) is 0 Å². The molecule has 2 aliphatic heterocycles. The van der Waals surface area contributed by atoms with Gasteiger partial charge in [0.05, 0.1) is 12.2 Å². The van der Waals surface area contributed by atoms with E-state index in [1.165, 1.54) is 0 Å². The highest BCUT2D eigenvalue weighted by Crippen LogP contribution is 2.26. The molecule has 76 valence electrons. The molecule has 0 bridgehead atoms. The maximum absolute atomic E-state index is 5.92. The van der Waals surface area contributed by atoms with Crippen molar-refractivity contribution in [1.29, 1.82) is 0 Å². The average molecular weight is 185 g/mol. The zero-order chi connectivity index (χ0) is 9.15. The number of hydrazine groups is 1. The van der Waals surface area contributed by atoms with Crippen LogP contribution in [0.15, 0.2) is 0 Å². The number of rotatable bonds is 1. The van der Waals surface area contributed by atoms with E-state index in [0.29, 0.717) is 0 Å². The van der Waals surface area contributed by atoms with Gasteiger partial charge in [0.25, 0.3) is 0 Å². The Bertz CT molecular complexity index is 163. The lowest BCUT2D eigenvalue weighted by molar-refractivity contribution is -0.133. The molecule has 2 fully saturated rings. The lowest BCUT2D eigenvalue weighted by atomic mass is 9.91. The highest BCUT2D eigenvalue weighted by Gasteiger charge is 2.37. The van der Waals surface area contributed by atoms with Crippen molar-refractivity contribution in [2.45, 2.75) is 18.4 Å². The first kappa shape index (κ1) is 9.40. The molecule has 0 amide bonds. The molecule has 4 nitrogen and oxygen atoms in total. The minimum Gasteiger partial charge on any atom is -0.372 e. The third-order valence-electron chi connectivity index (χ3n) is 3.08. The van der Waals surface area contributed by atoms with Gasteiger partial charge in [-0.15, -0.1) is 0 Å². The van der Waals surface area contributed by atoms with Crippen LogP contribution in [0.5, 0.6) is 0 Å². The molecule has 1 spiro atoms. The molecule has 0 aromatic heterocycles. The van der Waals surface area contributed by atoms with Crippen LogP contribution in [0.1, 0.15) is 12.8 Å². The molecule has 13 heavy (non-hydrogen) atoms. The standard InChI is InChI=1S/C9H19N3O/c1-10-12-6-7-13-9(8-12)2-4-11-5-3-9/h10-11H,2-8H2,1H3. The van der Waals surface area contributed by atoms with E-state index < -0.39 is 0 Å². The second-order valence-corrected chi connectivity index (χ2v) is 3.93. The average Bonchev–Trinajstić information content (AvgIpc) is 2.19. The zero-order valence-corrected chi connectivity index (χ0v) is 8.31. The van der Waals surface area contributed by atoms with Crippen LogP contribution in [-0.4, -0.2) is 50.4 Å². The quantitative estimate of drug-likeness (QED) is 0.581. The van der Waals surface area contributed by atoms with Gasteiger partial charge in [0.15, 0.2) is 0 Å². The first-order valence-electron chi connectivity index (χ1n) is 5.12. The van der Waals surface area contributed by atoms with E-state index in [0.717, 1.165) is 45.6 Å². The van der Waals surface area contributed by atoms with Crippen LogP contribution < -0.4 is 10.7 Å². The van der Waals surface area contributed by atoms with E-state index in [-0.39, 0.29) is 5.60 Å². The zero-order valence-electron chi connectivity index (χ0n) is 8.31. The number of hydrogen-bond acceptors (Lipinski definition) is 4. The molecule has 2 heterocycles. The highest BCUT2D eigenvalue weighted by atomic mass is 16.5. The Morgan fingerprint density at radius 1 is 1.38 bits per heavy atom. The SMILES string of the molecule is CNN1CCOC2(CCNCC2)C1. The summed E-state index contributed by atoms with van der Waals surface area (Å²) in [6.07, 6.45) is 2.29. The summed E-state index contributed by atoms with van der Waals surface area (Å²) in [5, 5.41) is 5.63. The Labute approximate surface area is 79.6 Å². The molecule has 0 aromatic carbocycles. The Morgan fingerprint density at radius 2 is 2.15 bits per heavy atom. The fourth-order valence-corrected chi connectivity index (χ4v) is 2.22. The van der Waals surface area contributed by atoms with Gasteiger partial charge in [-0.3, -0.25) is 5.43 Å². The van der Waals surface area contributed by atoms with Crippen molar-refractivity contribution >= 4 is 0 Å².